The average Bonchev–Trinajstić information content (AvgIpc) is 2.41. The number of allylic oxidation sites excluding steroid dienone is 2. The van der Waals surface area contributed by atoms with Gasteiger partial charge < -0.3 is 5.32 Å². The second kappa shape index (κ2) is 7.76. The number of rotatable bonds is 4. The smallest absolute Gasteiger partial charge is 0.322 e. The minimum absolute atomic E-state index is 0.211. The van der Waals surface area contributed by atoms with Gasteiger partial charge in [-0.3, -0.25) is 9.79 Å². The molecule has 0 aliphatic heterocycles. The highest BCUT2D eigenvalue weighted by atomic mass is 19.4. The molecule has 0 radical (unpaired) electrons. The first-order chi connectivity index (χ1) is 10.6. The van der Waals surface area contributed by atoms with Gasteiger partial charge in [-0.05, 0) is 45.4 Å². The second-order valence-electron chi connectivity index (χ2n) is 5.14. The average molecular weight is 324 g/mol. The van der Waals surface area contributed by atoms with E-state index < -0.39 is 23.4 Å². The summed E-state index contributed by atoms with van der Waals surface area (Å²) in [5, 5.41) is 2.48. The second-order valence-corrected chi connectivity index (χ2v) is 5.14. The summed E-state index contributed by atoms with van der Waals surface area (Å²) in [6.45, 7) is 6.25. The third kappa shape index (κ3) is 5.73. The van der Waals surface area contributed by atoms with E-state index in [9.17, 15) is 18.0 Å². The van der Waals surface area contributed by atoms with Crippen LogP contribution in [0.15, 0.2) is 52.7 Å². The number of nitrogens with zero attached hydrogens (tertiary/aromatic N) is 1. The van der Waals surface area contributed by atoms with E-state index >= 15 is 0 Å². The van der Waals surface area contributed by atoms with E-state index in [1.807, 2.05) is 13.0 Å². The molecule has 1 N–H and O–H groups in total. The van der Waals surface area contributed by atoms with Crippen LogP contribution < -0.4 is 5.32 Å². The Bertz CT molecular complexity index is 667. The van der Waals surface area contributed by atoms with Gasteiger partial charge in [0.1, 0.15) is 0 Å². The van der Waals surface area contributed by atoms with Gasteiger partial charge in [-0.15, -0.1) is 0 Å². The van der Waals surface area contributed by atoms with Crippen LogP contribution in [0.3, 0.4) is 0 Å². The van der Waals surface area contributed by atoms with Crippen molar-refractivity contribution in [3.05, 3.63) is 53.3 Å². The quantitative estimate of drug-likeness (QED) is 0.482. The molecule has 0 fully saturated rings. The first kappa shape index (κ1) is 18.7. The van der Waals surface area contributed by atoms with Crippen molar-refractivity contribution < 1.29 is 18.0 Å². The van der Waals surface area contributed by atoms with Crippen LogP contribution in [0.1, 0.15) is 26.3 Å². The van der Waals surface area contributed by atoms with Crippen molar-refractivity contribution in [3.8, 4) is 0 Å². The summed E-state index contributed by atoms with van der Waals surface area (Å²) in [6.07, 6.45) is -2.24. The molecule has 0 aromatic heterocycles. The largest absolute Gasteiger partial charge is 0.434 e. The summed E-state index contributed by atoms with van der Waals surface area (Å²) in [7, 11) is 0. The molecule has 3 nitrogen and oxygen atoms in total. The maximum Gasteiger partial charge on any atom is 0.434 e. The molecule has 0 atom stereocenters. The SMILES string of the molecule is C/C=C/C(C(=O)Nc1cccc(C)c1)=C(\N=C(C)C)C(F)(F)F. The zero-order chi connectivity index (χ0) is 17.6. The number of benzene rings is 1. The van der Waals surface area contributed by atoms with Gasteiger partial charge in [0.15, 0.2) is 5.70 Å². The van der Waals surface area contributed by atoms with E-state index in [0.29, 0.717) is 5.69 Å². The molecule has 0 aliphatic carbocycles. The normalized spacial score (nSPS) is 12.8. The van der Waals surface area contributed by atoms with Gasteiger partial charge >= 0.3 is 6.18 Å². The minimum Gasteiger partial charge on any atom is -0.322 e. The third-order valence-electron chi connectivity index (χ3n) is 2.71. The highest BCUT2D eigenvalue weighted by Crippen LogP contribution is 2.30. The van der Waals surface area contributed by atoms with Gasteiger partial charge in [0, 0.05) is 11.4 Å². The molecule has 1 rings (SSSR count). The summed E-state index contributed by atoms with van der Waals surface area (Å²) in [5.74, 6) is -0.856. The number of carbonyl (C=O) groups is 1. The lowest BCUT2D eigenvalue weighted by Gasteiger charge is -2.13. The Hall–Kier alpha value is -2.37. The van der Waals surface area contributed by atoms with Crippen LogP contribution in [0.5, 0.6) is 0 Å². The van der Waals surface area contributed by atoms with E-state index in [1.165, 1.54) is 26.8 Å². The highest BCUT2D eigenvalue weighted by molar-refractivity contribution is 6.06. The van der Waals surface area contributed by atoms with Crippen molar-refractivity contribution in [1.29, 1.82) is 0 Å². The number of halogens is 3. The minimum atomic E-state index is -4.73. The number of aliphatic imine (C=N–C) groups is 1. The number of nitrogens with one attached hydrogen (secondary N) is 1. The lowest BCUT2D eigenvalue weighted by molar-refractivity contribution is -0.114. The van der Waals surface area contributed by atoms with Gasteiger partial charge in [0.2, 0.25) is 0 Å². The third-order valence-corrected chi connectivity index (χ3v) is 2.71. The predicted molar refractivity (Wildman–Crippen MR) is 86.5 cm³/mol. The number of aryl methyl sites for hydroxylation is 1. The van der Waals surface area contributed by atoms with Gasteiger partial charge in [-0.1, -0.05) is 24.3 Å². The van der Waals surface area contributed by atoms with Crippen molar-refractivity contribution >= 4 is 17.3 Å². The molecule has 6 heteroatoms. The summed E-state index contributed by atoms with van der Waals surface area (Å²) >= 11 is 0. The Labute approximate surface area is 133 Å². The molecule has 1 amide bonds. The van der Waals surface area contributed by atoms with Crippen molar-refractivity contribution in [1.82, 2.24) is 0 Å². The molecule has 0 bridgehead atoms. The van der Waals surface area contributed by atoms with Crippen molar-refractivity contribution in [2.24, 2.45) is 4.99 Å². The molecule has 0 unspecified atom stereocenters. The molecule has 0 saturated heterocycles. The Balaban J connectivity index is 3.34. The number of hydrogen-bond donors (Lipinski definition) is 1. The van der Waals surface area contributed by atoms with E-state index in [2.05, 4.69) is 10.3 Å². The zero-order valence-electron chi connectivity index (χ0n) is 13.5. The van der Waals surface area contributed by atoms with Crippen LogP contribution >= 0.6 is 0 Å². The number of carbonyl (C=O) groups excluding carboxylic acids is 1. The molecule has 0 saturated carbocycles. The van der Waals surface area contributed by atoms with Crippen LogP contribution in [-0.4, -0.2) is 17.8 Å². The van der Waals surface area contributed by atoms with Crippen molar-refractivity contribution in [2.45, 2.75) is 33.9 Å². The molecule has 23 heavy (non-hydrogen) atoms. The van der Waals surface area contributed by atoms with Gasteiger partial charge in [0.25, 0.3) is 5.91 Å². The summed E-state index contributed by atoms with van der Waals surface area (Å²) in [5.41, 5.74) is -0.209. The van der Waals surface area contributed by atoms with Crippen LogP contribution in [0, 0.1) is 6.92 Å². The summed E-state index contributed by atoms with van der Waals surface area (Å²) in [6, 6.07) is 6.82. The Morgan fingerprint density at radius 2 is 1.91 bits per heavy atom. The van der Waals surface area contributed by atoms with Crippen molar-refractivity contribution in [2.75, 3.05) is 5.32 Å². The van der Waals surface area contributed by atoms with E-state index in [-0.39, 0.29) is 5.71 Å². The van der Waals surface area contributed by atoms with Gasteiger partial charge in [0.05, 0.1) is 5.57 Å². The monoisotopic (exact) mass is 324 g/mol. The molecule has 0 heterocycles. The molecular formula is C17H19F3N2O. The first-order valence-electron chi connectivity index (χ1n) is 6.99. The summed E-state index contributed by atoms with van der Waals surface area (Å²) < 4.78 is 39.7. The predicted octanol–water partition coefficient (Wildman–Crippen LogP) is 4.81. The molecule has 124 valence electrons. The first-order valence-corrected chi connectivity index (χ1v) is 6.99. The molecule has 0 spiro atoms. The zero-order valence-corrected chi connectivity index (χ0v) is 13.5. The lowest BCUT2D eigenvalue weighted by Crippen LogP contribution is -2.21. The number of hydrogen-bond acceptors (Lipinski definition) is 2. The highest BCUT2D eigenvalue weighted by Gasteiger charge is 2.37. The van der Waals surface area contributed by atoms with Gasteiger partial charge in [-0.2, -0.15) is 13.2 Å². The van der Waals surface area contributed by atoms with Crippen LogP contribution in [0.25, 0.3) is 0 Å². The summed E-state index contributed by atoms with van der Waals surface area (Å²) in [4.78, 5) is 15.8. The van der Waals surface area contributed by atoms with E-state index in [4.69, 9.17) is 0 Å². The van der Waals surface area contributed by atoms with Crippen LogP contribution in [0.2, 0.25) is 0 Å². The topological polar surface area (TPSA) is 41.5 Å². The fourth-order valence-electron chi connectivity index (χ4n) is 1.85. The van der Waals surface area contributed by atoms with Gasteiger partial charge in [-0.25, -0.2) is 0 Å². The maximum atomic E-state index is 13.2. The Morgan fingerprint density at radius 1 is 1.26 bits per heavy atom. The number of amides is 1. The molecular weight excluding hydrogens is 305 g/mol. The fourth-order valence-corrected chi connectivity index (χ4v) is 1.85. The number of anilines is 1. The standard InChI is InChI=1S/C17H19F3N2O/c1-5-7-14(15(17(18,19)20)21-11(2)3)16(23)22-13-9-6-8-12(4)10-13/h5-10H,1-4H3,(H,22,23)/b7-5+,15-14+. The lowest BCUT2D eigenvalue weighted by atomic mass is 10.1. The fraction of sp³-hybridized carbons (Fsp3) is 0.294. The Morgan fingerprint density at radius 3 is 2.39 bits per heavy atom. The van der Waals surface area contributed by atoms with Crippen molar-refractivity contribution in [3.63, 3.8) is 0 Å². The molecule has 1 aromatic carbocycles. The van der Waals surface area contributed by atoms with Crippen LogP contribution in [0.4, 0.5) is 18.9 Å². The van der Waals surface area contributed by atoms with E-state index in [0.717, 1.165) is 11.6 Å². The van der Waals surface area contributed by atoms with Crippen LogP contribution in [-0.2, 0) is 4.79 Å². The molecule has 0 aliphatic rings. The maximum absolute atomic E-state index is 13.2. The number of alkyl halides is 3. The van der Waals surface area contributed by atoms with E-state index in [1.54, 1.807) is 18.2 Å². The molecule has 1 aromatic rings. The Kier molecular flexibility index (Phi) is 6.30.